The van der Waals surface area contributed by atoms with Crippen molar-refractivity contribution in [2.45, 2.75) is 65.0 Å². The molecule has 3 rings (SSSR count). The van der Waals surface area contributed by atoms with Gasteiger partial charge in [-0.05, 0) is 93.1 Å². The Labute approximate surface area is 264 Å². The van der Waals surface area contributed by atoms with Crippen molar-refractivity contribution in [1.82, 2.24) is 0 Å². The Morgan fingerprint density at radius 3 is 1.71 bits per heavy atom. The summed E-state index contributed by atoms with van der Waals surface area (Å²) in [7, 11) is 0. The molecule has 11 heteroatoms. The summed E-state index contributed by atoms with van der Waals surface area (Å²) >= 11 is 0. The van der Waals surface area contributed by atoms with Crippen molar-refractivity contribution in [1.29, 1.82) is 0 Å². The van der Waals surface area contributed by atoms with E-state index in [-0.39, 0.29) is 26.4 Å². The second-order valence-electron chi connectivity index (χ2n) is 11.2. The zero-order valence-corrected chi connectivity index (χ0v) is 26.3. The molecule has 0 radical (unpaired) electrons. The van der Waals surface area contributed by atoms with Crippen LogP contribution in [0, 0.1) is 0 Å². The predicted octanol–water partition coefficient (Wildman–Crippen LogP) is 5.12. The molecule has 0 saturated heterocycles. The number of aliphatic hydroxyl groups is 2. The Morgan fingerprint density at radius 2 is 1.16 bits per heavy atom. The van der Waals surface area contributed by atoms with E-state index in [2.05, 4.69) is 10.6 Å². The van der Waals surface area contributed by atoms with Gasteiger partial charge in [-0.3, -0.25) is 10.6 Å². The Balaban J connectivity index is 1.66. The van der Waals surface area contributed by atoms with E-state index in [9.17, 15) is 19.8 Å². The second kappa shape index (κ2) is 18.0. The van der Waals surface area contributed by atoms with Gasteiger partial charge in [0, 0.05) is 17.1 Å². The average Bonchev–Trinajstić information content (AvgIpc) is 2.96. The minimum atomic E-state index is -0.613. The van der Waals surface area contributed by atoms with Crippen LogP contribution in [0.15, 0.2) is 66.7 Å². The maximum Gasteiger partial charge on any atom is 0.411 e. The first kappa shape index (κ1) is 35.3. The van der Waals surface area contributed by atoms with Gasteiger partial charge in [-0.1, -0.05) is 36.4 Å². The van der Waals surface area contributed by atoms with Crippen LogP contribution in [-0.2, 0) is 31.8 Å². The molecule has 0 heterocycles. The third-order valence-corrected chi connectivity index (χ3v) is 6.43. The molecule has 3 aromatic carbocycles. The molecule has 244 valence electrons. The molecule has 0 aromatic heterocycles. The van der Waals surface area contributed by atoms with Crippen LogP contribution in [0.4, 0.5) is 26.7 Å². The summed E-state index contributed by atoms with van der Waals surface area (Å²) in [6, 6.07) is 20.9. The number of hydrogen-bond donors (Lipinski definition) is 5. The van der Waals surface area contributed by atoms with Crippen molar-refractivity contribution in [2.75, 3.05) is 42.8 Å². The Hall–Kier alpha value is -4.16. The van der Waals surface area contributed by atoms with Crippen molar-refractivity contribution < 1.29 is 38.7 Å². The van der Waals surface area contributed by atoms with Gasteiger partial charge in [0.1, 0.15) is 12.2 Å². The molecule has 0 aliphatic carbocycles. The van der Waals surface area contributed by atoms with Crippen LogP contribution < -0.4 is 16.4 Å². The van der Waals surface area contributed by atoms with Crippen molar-refractivity contribution in [2.24, 2.45) is 0 Å². The highest BCUT2D eigenvalue weighted by Gasteiger charge is 2.15. The lowest BCUT2D eigenvalue weighted by molar-refractivity contribution is -0.00108. The number of carbonyl (C=O) groups is 2. The molecule has 11 nitrogen and oxygen atoms in total. The summed E-state index contributed by atoms with van der Waals surface area (Å²) in [5.74, 6) is 0. The van der Waals surface area contributed by atoms with E-state index in [1.165, 1.54) is 0 Å². The average molecular weight is 624 g/mol. The van der Waals surface area contributed by atoms with Crippen molar-refractivity contribution in [3.05, 3.63) is 89.0 Å². The fourth-order valence-electron chi connectivity index (χ4n) is 4.33. The summed E-state index contributed by atoms with van der Waals surface area (Å²) < 4.78 is 21.4. The first-order chi connectivity index (χ1) is 21.5. The quantitative estimate of drug-likeness (QED) is 0.136. The van der Waals surface area contributed by atoms with Crippen LogP contribution in [0.2, 0.25) is 0 Å². The summed E-state index contributed by atoms with van der Waals surface area (Å²) in [6.07, 6.45) is -2.26. The SMILES string of the molecule is CC(O)COCC(C)OC(=O)Nc1ccc(Cc2ccc(Cc3ccc(N)cc3)cc2NC(=O)OC(C)COCC(C)O)cc1. The van der Waals surface area contributed by atoms with Crippen molar-refractivity contribution in [3.63, 3.8) is 0 Å². The van der Waals surface area contributed by atoms with Crippen LogP contribution in [-0.4, -0.2) is 73.2 Å². The summed E-state index contributed by atoms with van der Waals surface area (Å²) in [6.45, 7) is 7.32. The molecule has 0 aliphatic rings. The lowest BCUT2D eigenvalue weighted by Crippen LogP contribution is -2.26. The van der Waals surface area contributed by atoms with E-state index >= 15 is 0 Å². The number of aliphatic hydroxyl groups excluding tert-OH is 2. The number of nitrogens with two attached hydrogens (primary N) is 1. The van der Waals surface area contributed by atoms with E-state index in [0.717, 1.165) is 22.3 Å². The van der Waals surface area contributed by atoms with Gasteiger partial charge in [0.15, 0.2) is 0 Å². The lowest BCUT2D eigenvalue weighted by atomic mass is 9.98. The van der Waals surface area contributed by atoms with E-state index in [0.29, 0.717) is 29.9 Å². The molecule has 2 amide bonds. The highest BCUT2D eigenvalue weighted by Crippen LogP contribution is 2.24. The van der Waals surface area contributed by atoms with E-state index in [4.69, 9.17) is 24.7 Å². The molecular formula is C34H45N3O8. The zero-order chi connectivity index (χ0) is 32.8. The summed E-state index contributed by atoms with van der Waals surface area (Å²) in [5, 5.41) is 24.2. The molecule has 0 spiro atoms. The Kier molecular flexibility index (Phi) is 14.1. The molecule has 6 N–H and O–H groups in total. The van der Waals surface area contributed by atoms with Crippen molar-refractivity contribution >= 4 is 29.2 Å². The number of amides is 2. The number of ether oxygens (including phenoxy) is 4. The molecular weight excluding hydrogens is 578 g/mol. The molecule has 4 atom stereocenters. The number of carbonyl (C=O) groups excluding carboxylic acids is 2. The maximum absolute atomic E-state index is 12.8. The van der Waals surface area contributed by atoms with Gasteiger partial charge in [-0.15, -0.1) is 0 Å². The highest BCUT2D eigenvalue weighted by molar-refractivity contribution is 5.86. The standard InChI is InChI=1S/C34H45N3O8/c1-22(38)18-42-20-24(3)44-33(40)36-31-13-8-27(9-14-31)16-29-10-5-28(15-26-6-11-30(35)12-7-26)17-32(29)37-34(41)45-25(4)21-43-19-23(2)39/h5-14,17,22-25,38-39H,15-16,18-21,35H2,1-4H3,(H,36,40)(H,37,41). The fourth-order valence-corrected chi connectivity index (χ4v) is 4.33. The number of hydrogen-bond acceptors (Lipinski definition) is 9. The van der Waals surface area contributed by atoms with Crippen LogP contribution in [0.3, 0.4) is 0 Å². The van der Waals surface area contributed by atoms with E-state index < -0.39 is 36.6 Å². The first-order valence-electron chi connectivity index (χ1n) is 15.0. The molecule has 0 fully saturated rings. The Bertz CT molecular complexity index is 1350. The van der Waals surface area contributed by atoms with E-state index in [1.54, 1.807) is 39.8 Å². The minimum absolute atomic E-state index is 0.154. The molecule has 4 unspecified atom stereocenters. The number of benzene rings is 3. The van der Waals surface area contributed by atoms with Crippen LogP contribution in [0.25, 0.3) is 0 Å². The summed E-state index contributed by atoms with van der Waals surface area (Å²) in [5.41, 5.74) is 11.6. The monoisotopic (exact) mass is 623 g/mol. The largest absolute Gasteiger partial charge is 0.444 e. The second-order valence-corrected chi connectivity index (χ2v) is 11.2. The van der Waals surface area contributed by atoms with Gasteiger partial charge in [-0.25, -0.2) is 9.59 Å². The zero-order valence-electron chi connectivity index (χ0n) is 26.3. The third-order valence-electron chi connectivity index (χ3n) is 6.43. The molecule has 45 heavy (non-hydrogen) atoms. The van der Waals surface area contributed by atoms with E-state index in [1.807, 2.05) is 54.6 Å². The van der Waals surface area contributed by atoms with Gasteiger partial charge in [0.25, 0.3) is 0 Å². The van der Waals surface area contributed by atoms with Gasteiger partial charge in [-0.2, -0.15) is 0 Å². The number of nitrogen functional groups attached to an aromatic ring is 1. The fraction of sp³-hybridized carbons (Fsp3) is 0.412. The minimum Gasteiger partial charge on any atom is -0.444 e. The lowest BCUT2D eigenvalue weighted by Gasteiger charge is -2.17. The van der Waals surface area contributed by atoms with Gasteiger partial charge in [0.2, 0.25) is 0 Å². The van der Waals surface area contributed by atoms with Crippen LogP contribution in [0.1, 0.15) is 49.9 Å². The van der Waals surface area contributed by atoms with Crippen LogP contribution in [0.5, 0.6) is 0 Å². The molecule has 3 aromatic rings. The number of nitrogens with one attached hydrogen (secondary N) is 2. The third kappa shape index (κ3) is 13.6. The molecule has 0 saturated carbocycles. The maximum atomic E-state index is 12.8. The number of rotatable bonds is 16. The summed E-state index contributed by atoms with van der Waals surface area (Å²) in [4.78, 5) is 25.1. The predicted molar refractivity (Wildman–Crippen MR) is 173 cm³/mol. The van der Waals surface area contributed by atoms with Crippen molar-refractivity contribution in [3.8, 4) is 0 Å². The van der Waals surface area contributed by atoms with Gasteiger partial charge in [0.05, 0.1) is 38.6 Å². The molecule has 0 aliphatic heterocycles. The smallest absolute Gasteiger partial charge is 0.411 e. The van der Waals surface area contributed by atoms with Crippen LogP contribution >= 0.6 is 0 Å². The van der Waals surface area contributed by atoms with Gasteiger partial charge >= 0.3 is 12.2 Å². The first-order valence-corrected chi connectivity index (χ1v) is 15.0. The topological polar surface area (TPSA) is 162 Å². The number of anilines is 3. The highest BCUT2D eigenvalue weighted by atomic mass is 16.6. The van der Waals surface area contributed by atoms with Gasteiger partial charge < -0.3 is 34.9 Å². The molecule has 0 bridgehead atoms. The Morgan fingerprint density at radius 1 is 0.667 bits per heavy atom. The normalized spacial score (nSPS) is 13.7.